The molecule has 0 spiro atoms. The molecule has 0 heterocycles. The SMILES string of the molecule is Cc1ccc(C(=O)NCC(=O)NCc2ccc(OCCCC(=O)O)cc2)cc1C. The van der Waals surface area contributed by atoms with Crippen LogP contribution in [0.4, 0.5) is 0 Å². The van der Waals surface area contributed by atoms with Gasteiger partial charge in [-0.3, -0.25) is 14.4 Å². The molecule has 2 aromatic rings. The van der Waals surface area contributed by atoms with Crippen LogP contribution >= 0.6 is 0 Å². The summed E-state index contributed by atoms with van der Waals surface area (Å²) in [5.41, 5.74) is 3.55. The molecular formula is C22H26N2O5. The first-order valence-electron chi connectivity index (χ1n) is 9.41. The summed E-state index contributed by atoms with van der Waals surface area (Å²) in [5, 5.41) is 14.0. The van der Waals surface area contributed by atoms with Crippen molar-refractivity contribution in [1.82, 2.24) is 10.6 Å². The van der Waals surface area contributed by atoms with Crippen molar-refractivity contribution < 1.29 is 24.2 Å². The highest BCUT2D eigenvalue weighted by Gasteiger charge is 2.09. The number of nitrogens with one attached hydrogen (secondary N) is 2. The lowest BCUT2D eigenvalue weighted by atomic mass is 10.1. The van der Waals surface area contributed by atoms with Gasteiger partial charge in [-0.25, -0.2) is 0 Å². The molecule has 2 rings (SSSR count). The fourth-order valence-corrected chi connectivity index (χ4v) is 2.53. The van der Waals surface area contributed by atoms with Crippen LogP contribution in [0, 0.1) is 13.8 Å². The number of carbonyl (C=O) groups excluding carboxylic acids is 2. The summed E-state index contributed by atoms with van der Waals surface area (Å²) in [5.74, 6) is -0.764. The number of aliphatic carboxylic acids is 1. The fraction of sp³-hybridized carbons (Fsp3) is 0.318. The Kier molecular flexibility index (Phi) is 8.21. The number of ether oxygens (including phenoxy) is 1. The standard InChI is InChI=1S/C22H26N2O5/c1-15-5-8-18(12-16(15)2)22(28)24-14-20(25)23-13-17-6-9-19(10-7-17)29-11-3-4-21(26)27/h5-10,12H,3-4,11,13-14H2,1-2H3,(H,23,25)(H,24,28)(H,26,27). The average molecular weight is 398 g/mol. The number of amides is 2. The maximum Gasteiger partial charge on any atom is 0.303 e. The van der Waals surface area contributed by atoms with E-state index >= 15 is 0 Å². The predicted octanol–water partition coefficient (Wildman–Crippen LogP) is 2.59. The van der Waals surface area contributed by atoms with Gasteiger partial charge >= 0.3 is 5.97 Å². The van der Waals surface area contributed by atoms with E-state index in [0.717, 1.165) is 16.7 Å². The number of rotatable bonds is 10. The summed E-state index contributed by atoms with van der Waals surface area (Å²) in [6, 6.07) is 12.6. The minimum absolute atomic E-state index is 0.0736. The van der Waals surface area contributed by atoms with Gasteiger partial charge < -0.3 is 20.5 Å². The second-order valence-corrected chi connectivity index (χ2v) is 6.75. The summed E-state index contributed by atoms with van der Waals surface area (Å²) >= 11 is 0. The van der Waals surface area contributed by atoms with Crippen LogP contribution in [0.2, 0.25) is 0 Å². The lowest BCUT2D eigenvalue weighted by Crippen LogP contribution is -2.36. The first-order valence-corrected chi connectivity index (χ1v) is 9.41. The first-order chi connectivity index (χ1) is 13.8. The summed E-state index contributed by atoms with van der Waals surface area (Å²) in [6.07, 6.45) is 0.519. The number of carboxylic acids is 1. The molecule has 0 saturated heterocycles. The highest BCUT2D eigenvalue weighted by molar-refractivity contribution is 5.96. The molecule has 154 valence electrons. The van der Waals surface area contributed by atoms with E-state index in [4.69, 9.17) is 9.84 Å². The van der Waals surface area contributed by atoms with Crippen molar-refractivity contribution in [2.45, 2.75) is 33.2 Å². The number of carbonyl (C=O) groups is 3. The topological polar surface area (TPSA) is 105 Å². The molecule has 0 aliphatic carbocycles. The highest BCUT2D eigenvalue weighted by atomic mass is 16.5. The van der Waals surface area contributed by atoms with Crippen molar-refractivity contribution in [3.8, 4) is 5.75 Å². The van der Waals surface area contributed by atoms with Gasteiger partial charge in [0.05, 0.1) is 13.2 Å². The van der Waals surface area contributed by atoms with E-state index in [1.54, 1.807) is 24.3 Å². The van der Waals surface area contributed by atoms with Crippen molar-refractivity contribution in [3.63, 3.8) is 0 Å². The molecule has 0 saturated carbocycles. The van der Waals surface area contributed by atoms with Crippen molar-refractivity contribution in [3.05, 3.63) is 64.7 Å². The molecule has 0 aliphatic heterocycles. The first kappa shape index (κ1) is 21.9. The quantitative estimate of drug-likeness (QED) is 0.534. The Morgan fingerprint density at radius 3 is 2.34 bits per heavy atom. The van der Waals surface area contributed by atoms with Crippen LogP contribution in [0.25, 0.3) is 0 Å². The Balaban J connectivity index is 1.71. The van der Waals surface area contributed by atoms with Gasteiger partial charge in [-0.1, -0.05) is 18.2 Å². The minimum atomic E-state index is -0.843. The Morgan fingerprint density at radius 2 is 1.69 bits per heavy atom. The van der Waals surface area contributed by atoms with Gasteiger partial charge in [0.1, 0.15) is 5.75 Å². The molecule has 29 heavy (non-hydrogen) atoms. The average Bonchev–Trinajstić information content (AvgIpc) is 2.70. The Hall–Kier alpha value is -3.35. The van der Waals surface area contributed by atoms with Crippen LogP contribution < -0.4 is 15.4 Å². The van der Waals surface area contributed by atoms with Crippen molar-refractivity contribution in [1.29, 1.82) is 0 Å². The van der Waals surface area contributed by atoms with Crippen LogP contribution in [0.5, 0.6) is 5.75 Å². The van der Waals surface area contributed by atoms with E-state index in [2.05, 4.69) is 10.6 Å². The maximum atomic E-state index is 12.1. The van der Waals surface area contributed by atoms with Gasteiger partial charge in [-0.05, 0) is 61.2 Å². The lowest BCUT2D eigenvalue weighted by molar-refractivity contribution is -0.137. The van der Waals surface area contributed by atoms with E-state index in [-0.39, 0.29) is 24.8 Å². The zero-order valence-corrected chi connectivity index (χ0v) is 16.7. The molecule has 0 aliphatic rings. The second-order valence-electron chi connectivity index (χ2n) is 6.75. The molecule has 0 radical (unpaired) electrons. The van der Waals surface area contributed by atoms with Crippen molar-refractivity contribution >= 4 is 17.8 Å². The molecule has 7 nitrogen and oxygen atoms in total. The molecule has 0 unspecified atom stereocenters. The Bertz CT molecular complexity index is 862. The molecule has 7 heteroatoms. The van der Waals surface area contributed by atoms with Gasteiger partial charge in [0, 0.05) is 18.5 Å². The number of hydrogen-bond donors (Lipinski definition) is 3. The van der Waals surface area contributed by atoms with E-state index in [0.29, 0.717) is 30.9 Å². The van der Waals surface area contributed by atoms with Crippen molar-refractivity contribution in [2.24, 2.45) is 0 Å². The van der Waals surface area contributed by atoms with Crippen LogP contribution in [0.1, 0.15) is 39.9 Å². The summed E-state index contributed by atoms with van der Waals surface area (Å²) in [4.78, 5) is 34.6. The summed E-state index contributed by atoms with van der Waals surface area (Å²) < 4.78 is 5.46. The lowest BCUT2D eigenvalue weighted by Gasteiger charge is -2.09. The second kappa shape index (κ2) is 10.8. The molecule has 3 N–H and O–H groups in total. The maximum absolute atomic E-state index is 12.1. The monoisotopic (exact) mass is 398 g/mol. The predicted molar refractivity (Wildman–Crippen MR) is 109 cm³/mol. The Morgan fingerprint density at radius 1 is 0.966 bits per heavy atom. The van der Waals surface area contributed by atoms with Gasteiger partial charge in [0.2, 0.25) is 5.91 Å². The van der Waals surface area contributed by atoms with Gasteiger partial charge in [-0.15, -0.1) is 0 Å². The van der Waals surface area contributed by atoms with E-state index in [1.165, 1.54) is 0 Å². The number of carboxylic acid groups (broad SMARTS) is 1. The molecular weight excluding hydrogens is 372 g/mol. The van der Waals surface area contributed by atoms with E-state index in [9.17, 15) is 14.4 Å². The van der Waals surface area contributed by atoms with Crippen LogP contribution in [-0.4, -0.2) is 36.0 Å². The van der Waals surface area contributed by atoms with Gasteiger partial charge in [-0.2, -0.15) is 0 Å². The Labute approximate surface area is 170 Å². The number of hydrogen-bond acceptors (Lipinski definition) is 4. The summed E-state index contributed by atoms with van der Waals surface area (Å²) in [7, 11) is 0. The summed E-state index contributed by atoms with van der Waals surface area (Å²) in [6.45, 7) is 4.48. The van der Waals surface area contributed by atoms with Crippen LogP contribution in [-0.2, 0) is 16.1 Å². The third kappa shape index (κ3) is 7.65. The zero-order chi connectivity index (χ0) is 21.2. The van der Waals surface area contributed by atoms with Crippen LogP contribution in [0.3, 0.4) is 0 Å². The molecule has 2 amide bonds. The smallest absolute Gasteiger partial charge is 0.303 e. The molecule has 0 aromatic heterocycles. The van der Waals surface area contributed by atoms with Gasteiger partial charge in [0.25, 0.3) is 5.91 Å². The molecule has 0 atom stereocenters. The molecule has 2 aromatic carbocycles. The zero-order valence-electron chi connectivity index (χ0n) is 16.7. The highest BCUT2D eigenvalue weighted by Crippen LogP contribution is 2.13. The van der Waals surface area contributed by atoms with E-state index < -0.39 is 5.97 Å². The molecule has 0 bridgehead atoms. The third-order valence-electron chi connectivity index (χ3n) is 4.40. The number of benzene rings is 2. The largest absolute Gasteiger partial charge is 0.494 e. The van der Waals surface area contributed by atoms with Crippen molar-refractivity contribution in [2.75, 3.05) is 13.2 Å². The minimum Gasteiger partial charge on any atom is -0.494 e. The molecule has 0 fully saturated rings. The number of aryl methyl sites for hydroxylation is 2. The van der Waals surface area contributed by atoms with Crippen LogP contribution in [0.15, 0.2) is 42.5 Å². The van der Waals surface area contributed by atoms with E-state index in [1.807, 2.05) is 32.0 Å². The third-order valence-corrected chi connectivity index (χ3v) is 4.40. The fourth-order valence-electron chi connectivity index (χ4n) is 2.53. The van der Waals surface area contributed by atoms with Gasteiger partial charge in [0.15, 0.2) is 0 Å². The normalized spacial score (nSPS) is 10.3.